The summed E-state index contributed by atoms with van der Waals surface area (Å²) in [6.45, 7) is 2.18. The van der Waals surface area contributed by atoms with Gasteiger partial charge in [-0.15, -0.1) is 0 Å². The lowest BCUT2D eigenvalue weighted by Gasteiger charge is -2.38. The van der Waals surface area contributed by atoms with Crippen LogP contribution in [0.1, 0.15) is 28.5 Å². The quantitative estimate of drug-likeness (QED) is 0.353. The summed E-state index contributed by atoms with van der Waals surface area (Å²) in [5, 5.41) is 0. The average Bonchev–Trinajstić information content (AvgIpc) is 3.35. The van der Waals surface area contributed by atoms with Crippen molar-refractivity contribution in [1.82, 2.24) is 9.55 Å². The Labute approximate surface area is 194 Å². The van der Waals surface area contributed by atoms with Crippen molar-refractivity contribution in [2.24, 2.45) is 0 Å². The van der Waals surface area contributed by atoms with Crippen molar-refractivity contribution in [2.75, 3.05) is 0 Å². The van der Waals surface area contributed by atoms with Crippen LogP contribution < -0.4 is 0 Å². The number of fused-ring (bicyclic) bond motifs is 1. The molecule has 4 aromatic rings. The summed E-state index contributed by atoms with van der Waals surface area (Å²) in [6, 6.07) is 30.7. The monoisotopic (exact) mass is 440 g/mol. The topological polar surface area (TPSA) is 45.5 Å². The number of rotatable bonds is 9. The highest BCUT2D eigenvalue weighted by atomic mass is 16.6. The van der Waals surface area contributed by atoms with E-state index in [9.17, 15) is 0 Å². The van der Waals surface area contributed by atoms with Gasteiger partial charge in [0.1, 0.15) is 18.3 Å². The molecular formula is C28H28N2O3. The fourth-order valence-electron chi connectivity index (χ4n) is 4.21. The van der Waals surface area contributed by atoms with Gasteiger partial charge < -0.3 is 18.8 Å². The summed E-state index contributed by atoms with van der Waals surface area (Å²) in [7, 11) is 0. The van der Waals surface area contributed by atoms with Gasteiger partial charge in [0.25, 0.3) is 0 Å². The molecule has 3 atom stereocenters. The standard InChI is InChI=1S/C28H28N2O3/c1-4-10-22(11-5-1)18-31-26-17-30-21-29-16-25(30)27(32-19-23-12-6-2-7-13-23)28(26)33-20-24-14-8-3-9-15-24/h1-16,21,26-28H,17-20H2/t26-,27-,28+/m0/s1. The van der Waals surface area contributed by atoms with Crippen molar-refractivity contribution in [2.45, 2.75) is 44.7 Å². The molecule has 0 aliphatic carbocycles. The van der Waals surface area contributed by atoms with Crippen LogP contribution in [0.2, 0.25) is 0 Å². The summed E-state index contributed by atoms with van der Waals surface area (Å²) in [6.07, 6.45) is 3.01. The van der Waals surface area contributed by atoms with E-state index < -0.39 is 0 Å². The van der Waals surface area contributed by atoms with E-state index in [1.54, 1.807) is 0 Å². The first-order valence-electron chi connectivity index (χ1n) is 11.3. The molecule has 0 unspecified atom stereocenters. The molecular weight excluding hydrogens is 412 g/mol. The van der Waals surface area contributed by atoms with Crippen molar-refractivity contribution >= 4 is 0 Å². The second kappa shape index (κ2) is 10.6. The van der Waals surface area contributed by atoms with E-state index in [1.807, 2.05) is 67.1 Å². The SMILES string of the molecule is c1ccc(CO[C@@H]2[C@@H](OCc3ccccc3)Cn3cncc3[C@@H]2OCc2ccccc2)cc1. The predicted octanol–water partition coefficient (Wildman–Crippen LogP) is 5.33. The molecule has 0 radical (unpaired) electrons. The molecule has 1 aliphatic heterocycles. The normalized spacial score (nSPS) is 19.8. The maximum atomic E-state index is 6.51. The van der Waals surface area contributed by atoms with Gasteiger partial charge in [0.15, 0.2) is 0 Å². The van der Waals surface area contributed by atoms with E-state index >= 15 is 0 Å². The number of ether oxygens (including phenoxy) is 3. The number of hydrogen-bond acceptors (Lipinski definition) is 4. The van der Waals surface area contributed by atoms with Crippen LogP contribution in [-0.4, -0.2) is 21.8 Å². The van der Waals surface area contributed by atoms with Gasteiger partial charge in [-0.2, -0.15) is 0 Å². The molecule has 0 amide bonds. The minimum Gasteiger partial charge on any atom is -0.369 e. The molecule has 0 saturated carbocycles. The highest BCUT2D eigenvalue weighted by molar-refractivity contribution is 5.17. The Balaban J connectivity index is 1.38. The largest absolute Gasteiger partial charge is 0.369 e. The zero-order chi connectivity index (χ0) is 22.3. The van der Waals surface area contributed by atoms with Gasteiger partial charge in [-0.1, -0.05) is 91.0 Å². The zero-order valence-electron chi connectivity index (χ0n) is 18.5. The van der Waals surface area contributed by atoms with E-state index in [0.29, 0.717) is 26.4 Å². The Morgan fingerprint density at radius 1 is 0.667 bits per heavy atom. The number of benzene rings is 3. The van der Waals surface area contributed by atoms with E-state index in [2.05, 4.69) is 45.9 Å². The van der Waals surface area contributed by atoms with Gasteiger partial charge in [0.05, 0.1) is 44.6 Å². The Kier molecular flexibility index (Phi) is 6.92. The summed E-state index contributed by atoms with van der Waals surface area (Å²) in [4.78, 5) is 4.39. The lowest BCUT2D eigenvalue weighted by molar-refractivity contribution is -0.170. The third-order valence-electron chi connectivity index (χ3n) is 5.94. The predicted molar refractivity (Wildman–Crippen MR) is 126 cm³/mol. The van der Waals surface area contributed by atoms with E-state index in [1.165, 1.54) is 0 Å². The molecule has 1 aliphatic rings. The van der Waals surface area contributed by atoms with Crippen LogP contribution in [0.4, 0.5) is 0 Å². The Morgan fingerprint density at radius 3 is 1.76 bits per heavy atom. The molecule has 5 heteroatoms. The minimum absolute atomic E-state index is 0.170. The minimum atomic E-state index is -0.286. The van der Waals surface area contributed by atoms with Gasteiger partial charge in [0, 0.05) is 0 Å². The summed E-state index contributed by atoms with van der Waals surface area (Å²) < 4.78 is 21.5. The first-order valence-corrected chi connectivity index (χ1v) is 11.3. The van der Waals surface area contributed by atoms with Crippen LogP contribution in [0.3, 0.4) is 0 Å². The van der Waals surface area contributed by atoms with Crippen molar-refractivity contribution < 1.29 is 14.2 Å². The van der Waals surface area contributed by atoms with Crippen molar-refractivity contribution in [3.63, 3.8) is 0 Å². The maximum Gasteiger partial charge on any atom is 0.128 e. The molecule has 0 fully saturated rings. The van der Waals surface area contributed by atoms with Crippen molar-refractivity contribution in [3.8, 4) is 0 Å². The van der Waals surface area contributed by atoms with Crippen LogP contribution in [-0.2, 0) is 40.6 Å². The highest BCUT2D eigenvalue weighted by Gasteiger charge is 2.40. The van der Waals surface area contributed by atoms with Crippen LogP contribution in [0, 0.1) is 0 Å². The first kappa shape index (κ1) is 21.6. The molecule has 0 bridgehead atoms. The van der Waals surface area contributed by atoms with Crippen molar-refractivity contribution in [3.05, 3.63) is 126 Å². The van der Waals surface area contributed by atoms with Crippen molar-refractivity contribution in [1.29, 1.82) is 0 Å². The maximum absolute atomic E-state index is 6.51. The van der Waals surface area contributed by atoms with Gasteiger partial charge >= 0.3 is 0 Å². The molecule has 2 heterocycles. The smallest absolute Gasteiger partial charge is 0.128 e. The molecule has 5 nitrogen and oxygen atoms in total. The third kappa shape index (κ3) is 5.40. The van der Waals surface area contributed by atoms with Gasteiger partial charge in [-0.3, -0.25) is 0 Å². The molecule has 33 heavy (non-hydrogen) atoms. The highest BCUT2D eigenvalue weighted by Crippen LogP contribution is 2.34. The molecule has 0 N–H and O–H groups in total. The lowest BCUT2D eigenvalue weighted by Crippen LogP contribution is -2.45. The average molecular weight is 441 g/mol. The molecule has 0 spiro atoms. The molecule has 1 aromatic heterocycles. The Bertz CT molecular complexity index is 1120. The van der Waals surface area contributed by atoms with E-state index in [-0.39, 0.29) is 18.3 Å². The second-order valence-corrected chi connectivity index (χ2v) is 8.28. The Morgan fingerprint density at radius 2 is 1.18 bits per heavy atom. The van der Waals surface area contributed by atoms with Crippen LogP contribution >= 0.6 is 0 Å². The third-order valence-corrected chi connectivity index (χ3v) is 5.94. The second-order valence-electron chi connectivity index (χ2n) is 8.28. The first-order chi connectivity index (χ1) is 16.4. The summed E-state index contributed by atoms with van der Waals surface area (Å²) >= 11 is 0. The lowest BCUT2D eigenvalue weighted by atomic mass is 10.00. The number of imidazole rings is 1. The van der Waals surface area contributed by atoms with Crippen LogP contribution in [0.5, 0.6) is 0 Å². The Hall–Kier alpha value is -3.25. The van der Waals surface area contributed by atoms with Crippen LogP contribution in [0.15, 0.2) is 104 Å². The fourth-order valence-corrected chi connectivity index (χ4v) is 4.21. The fraction of sp³-hybridized carbons (Fsp3) is 0.250. The molecule has 168 valence electrons. The van der Waals surface area contributed by atoms with Crippen LogP contribution in [0.25, 0.3) is 0 Å². The van der Waals surface area contributed by atoms with E-state index in [4.69, 9.17) is 14.2 Å². The number of hydrogen-bond donors (Lipinski definition) is 0. The van der Waals surface area contributed by atoms with Gasteiger partial charge in [-0.25, -0.2) is 4.98 Å². The zero-order valence-corrected chi connectivity index (χ0v) is 18.5. The molecule has 3 aromatic carbocycles. The van der Waals surface area contributed by atoms with Gasteiger partial charge in [0.2, 0.25) is 0 Å². The molecule has 5 rings (SSSR count). The summed E-state index contributed by atoms with van der Waals surface area (Å²) in [5.74, 6) is 0. The van der Waals surface area contributed by atoms with E-state index in [0.717, 1.165) is 22.4 Å². The van der Waals surface area contributed by atoms with Gasteiger partial charge in [-0.05, 0) is 16.7 Å². The summed E-state index contributed by atoms with van der Waals surface area (Å²) in [5.41, 5.74) is 4.40. The molecule has 0 saturated heterocycles. The number of nitrogens with zero attached hydrogens (tertiary/aromatic N) is 2. The number of aromatic nitrogens is 2.